The lowest BCUT2D eigenvalue weighted by Gasteiger charge is -2.23. The number of carbonyl (C=O) groups is 1. The average Bonchev–Trinajstić information content (AvgIpc) is 3.56. The van der Waals surface area contributed by atoms with Gasteiger partial charge in [0.1, 0.15) is 18.1 Å². The van der Waals surface area contributed by atoms with Crippen molar-refractivity contribution in [1.82, 2.24) is 10.1 Å². The lowest BCUT2D eigenvalue weighted by Crippen LogP contribution is -2.32. The molecule has 4 rings (SSSR count). The van der Waals surface area contributed by atoms with Crippen molar-refractivity contribution in [3.05, 3.63) is 82.2 Å². The van der Waals surface area contributed by atoms with E-state index in [9.17, 15) is 18.0 Å². The predicted octanol–water partition coefficient (Wildman–Crippen LogP) is 5.69. The molecule has 32 heavy (non-hydrogen) atoms. The maximum atomic E-state index is 13.2. The van der Waals surface area contributed by atoms with Crippen LogP contribution in [-0.2, 0) is 19.3 Å². The van der Waals surface area contributed by atoms with Crippen molar-refractivity contribution in [3.63, 3.8) is 0 Å². The first kappa shape index (κ1) is 21.9. The van der Waals surface area contributed by atoms with Gasteiger partial charge in [0.05, 0.1) is 16.8 Å². The number of nitrogens with zero attached hydrogens (tertiary/aromatic N) is 2. The highest BCUT2D eigenvalue weighted by Crippen LogP contribution is 2.32. The summed E-state index contributed by atoms with van der Waals surface area (Å²) in [4.78, 5) is 14.9. The van der Waals surface area contributed by atoms with Gasteiger partial charge in [0.2, 0.25) is 0 Å². The first-order chi connectivity index (χ1) is 15.2. The maximum absolute atomic E-state index is 13.2. The molecule has 168 valence electrons. The zero-order valence-corrected chi connectivity index (χ0v) is 17.8. The van der Waals surface area contributed by atoms with E-state index in [1.807, 2.05) is 13.8 Å². The summed E-state index contributed by atoms with van der Waals surface area (Å²) >= 11 is 0. The molecule has 0 atom stereocenters. The standard InChI is InChI=1S/C24H23F3N2O3/c1-15-22(16(2)32-28-15)14-31-21-5-3-4-18(12-21)23(30)29(20-10-11-20)13-17-6-8-19(9-7-17)24(25,26)27/h3-9,12,20H,10-11,13-14H2,1-2H3. The monoisotopic (exact) mass is 444 g/mol. The highest BCUT2D eigenvalue weighted by atomic mass is 19.4. The number of carbonyl (C=O) groups excluding carboxylic acids is 1. The molecule has 0 saturated heterocycles. The third-order valence-corrected chi connectivity index (χ3v) is 5.53. The lowest BCUT2D eigenvalue weighted by atomic mass is 10.1. The van der Waals surface area contributed by atoms with Gasteiger partial charge in [-0.05, 0) is 62.6 Å². The van der Waals surface area contributed by atoms with Crippen molar-refractivity contribution in [3.8, 4) is 5.75 Å². The van der Waals surface area contributed by atoms with Crippen LogP contribution in [0.4, 0.5) is 13.2 Å². The second-order valence-electron chi connectivity index (χ2n) is 7.98. The second kappa shape index (κ2) is 8.68. The maximum Gasteiger partial charge on any atom is 0.416 e. The molecule has 0 radical (unpaired) electrons. The number of rotatable bonds is 7. The fraction of sp³-hybridized carbons (Fsp3) is 0.333. The van der Waals surface area contributed by atoms with Crippen LogP contribution in [0, 0.1) is 13.8 Å². The van der Waals surface area contributed by atoms with Gasteiger partial charge < -0.3 is 14.2 Å². The Morgan fingerprint density at radius 1 is 1.16 bits per heavy atom. The summed E-state index contributed by atoms with van der Waals surface area (Å²) in [5.41, 5.74) is 2.05. The van der Waals surface area contributed by atoms with Crippen LogP contribution in [0.5, 0.6) is 5.75 Å². The van der Waals surface area contributed by atoms with Gasteiger partial charge in [-0.15, -0.1) is 0 Å². The number of hydrogen-bond acceptors (Lipinski definition) is 4. The molecule has 1 saturated carbocycles. The van der Waals surface area contributed by atoms with Gasteiger partial charge in [-0.25, -0.2) is 0 Å². The first-order valence-electron chi connectivity index (χ1n) is 10.3. The van der Waals surface area contributed by atoms with Crippen LogP contribution >= 0.6 is 0 Å². The average molecular weight is 444 g/mol. The van der Waals surface area contributed by atoms with Gasteiger partial charge in [-0.2, -0.15) is 13.2 Å². The highest BCUT2D eigenvalue weighted by molar-refractivity contribution is 5.95. The molecule has 3 aromatic rings. The minimum absolute atomic E-state index is 0.0941. The molecule has 1 aliphatic carbocycles. The molecule has 1 heterocycles. The van der Waals surface area contributed by atoms with Crippen molar-refractivity contribution >= 4 is 5.91 Å². The number of benzene rings is 2. The van der Waals surface area contributed by atoms with Crippen LogP contribution < -0.4 is 4.74 Å². The van der Waals surface area contributed by atoms with Gasteiger partial charge in [0.15, 0.2) is 0 Å². The minimum Gasteiger partial charge on any atom is -0.489 e. The summed E-state index contributed by atoms with van der Waals surface area (Å²) in [6, 6.07) is 12.0. The normalized spacial score (nSPS) is 13.8. The summed E-state index contributed by atoms with van der Waals surface area (Å²) in [6.45, 7) is 4.18. The quantitative estimate of drug-likeness (QED) is 0.470. The van der Waals surface area contributed by atoms with E-state index in [1.54, 1.807) is 29.2 Å². The van der Waals surface area contributed by atoms with Crippen molar-refractivity contribution in [2.45, 2.75) is 52.1 Å². The zero-order valence-electron chi connectivity index (χ0n) is 17.8. The van der Waals surface area contributed by atoms with Crippen molar-refractivity contribution in [2.24, 2.45) is 0 Å². The van der Waals surface area contributed by atoms with Gasteiger partial charge in [-0.3, -0.25) is 4.79 Å². The number of aromatic nitrogens is 1. The van der Waals surface area contributed by atoms with E-state index in [4.69, 9.17) is 9.26 Å². The van der Waals surface area contributed by atoms with Crippen LogP contribution in [0.1, 0.15) is 51.3 Å². The van der Waals surface area contributed by atoms with Crippen LogP contribution in [-0.4, -0.2) is 22.0 Å². The Bertz CT molecular complexity index is 1080. The summed E-state index contributed by atoms with van der Waals surface area (Å²) in [5.74, 6) is 1.06. The molecule has 1 aromatic heterocycles. The molecule has 1 aliphatic rings. The van der Waals surface area contributed by atoms with Gasteiger partial charge in [0, 0.05) is 18.2 Å². The topological polar surface area (TPSA) is 55.6 Å². The molecule has 2 aromatic carbocycles. The third kappa shape index (κ3) is 4.95. The van der Waals surface area contributed by atoms with E-state index in [1.165, 1.54) is 12.1 Å². The molecule has 5 nitrogen and oxygen atoms in total. The Morgan fingerprint density at radius 2 is 1.88 bits per heavy atom. The zero-order chi connectivity index (χ0) is 22.9. The molecule has 0 unspecified atom stereocenters. The summed E-state index contributed by atoms with van der Waals surface area (Å²) in [7, 11) is 0. The Morgan fingerprint density at radius 3 is 2.47 bits per heavy atom. The van der Waals surface area contributed by atoms with E-state index in [0.717, 1.165) is 36.2 Å². The highest BCUT2D eigenvalue weighted by Gasteiger charge is 2.34. The van der Waals surface area contributed by atoms with Crippen LogP contribution in [0.15, 0.2) is 53.1 Å². The second-order valence-corrected chi connectivity index (χ2v) is 7.98. The van der Waals surface area contributed by atoms with Crippen molar-refractivity contribution in [2.75, 3.05) is 0 Å². The largest absolute Gasteiger partial charge is 0.489 e. The summed E-state index contributed by atoms with van der Waals surface area (Å²) < 4.78 is 49.4. The number of halogens is 3. The van der Waals surface area contributed by atoms with Gasteiger partial charge >= 0.3 is 6.18 Å². The number of ether oxygens (including phenoxy) is 1. The van der Waals surface area contributed by atoms with E-state index < -0.39 is 11.7 Å². The Kier molecular flexibility index (Phi) is 5.95. The summed E-state index contributed by atoms with van der Waals surface area (Å²) in [6.07, 6.45) is -2.61. The van der Waals surface area contributed by atoms with Crippen molar-refractivity contribution < 1.29 is 27.2 Å². The van der Waals surface area contributed by atoms with E-state index in [0.29, 0.717) is 22.6 Å². The molecular formula is C24H23F3N2O3. The Balaban J connectivity index is 1.47. The van der Waals surface area contributed by atoms with E-state index in [2.05, 4.69) is 5.16 Å². The molecule has 8 heteroatoms. The molecule has 0 N–H and O–H groups in total. The molecular weight excluding hydrogens is 421 g/mol. The van der Waals surface area contributed by atoms with Crippen LogP contribution in [0.25, 0.3) is 0 Å². The number of hydrogen-bond donors (Lipinski definition) is 0. The predicted molar refractivity (Wildman–Crippen MR) is 111 cm³/mol. The number of amides is 1. The molecule has 0 aliphatic heterocycles. The molecule has 1 fully saturated rings. The SMILES string of the molecule is Cc1noc(C)c1COc1cccc(C(=O)N(Cc2ccc(C(F)(F)F)cc2)C2CC2)c1. The van der Waals surface area contributed by atoms with Crippen LogP contribution in [0.2, 0.25) is 0 Å². The van der Waals surface area contributed by atoms with Gasteiger partial charge in [0.25, 0.3) is 5.91 Å². The molecule has 1 amide bonds. The Labute approximate surface area is 183 Å². The molecule has 0 spiro atoms. The number of aryl methyl sites for hydroxylation is 2. The Hall–Kier alpha value is -3.29. The van der Waals surface area contributed by atoms with E-state index >= 15 is 0 Å². The lowest BCUT2D eigenvalue weighted by molar-refractivity contribution is -0.137. The first-order valence-corrected chi connectivity index (χ1v) is 10.3. The van der Waals surface area contributed by atoms with Gasteiger partial charge in [-0.1, -0.05) is 23.4 Å². The third-order valence-electron chi connectivity index (χ3n) is 5.53. The number of alkyl halides is 3. The van der Waals surface area contributed by atoms with E-state index in [-0.39, 0.29) is 25.1 Å². The fourth-order valence-corrected chi connectivity index (χ4v) is 3.50. The fourth-order valence-electron chi connectivity index (χ4n) is 3.50. The van der Waals surface area contributed by atoms with Crippen molar-refractivity contribution in [1.29, 1.82) is 0 Å². The van der Waals surface area contributed by atoms with Crippen LogP contribution in [0.3, 0.4) is 0 Å². The minimum atomic E-state index is -4.38. The summed E-state index contributed by atoms with van der Waals surface area (Å²) in [5, 5.41) is 3.90. The smallest absolute Gasteiger partial charge is 0.416 e. The molecule has 0 bridgehead atoms.